The number of primary amides is 1. The Hall–Kier alpha value is -3.32. The van der Waals surface area contributed by atoms with Crippen LogP contribution in [-0.4, -0.2) is 41.9 Å². The van der Waals surface area contributed by atoms with Crippen molar-refractivity contribution in [3.63, 3.8) is 0 Å². The molecule has 3 aromatic rings. The van der Waals surface area contributed by atoms with E-state index in [2.05, 4.69) is 15.2 Å². The van der Waals surface area contributed by atoms with E-state index in [1.807, 2.05) is 48.5 Å². The lowest BCUT2D eigenvalue weighted by Crippen LogP contribution is -2.38. The predicted molar refractivity (Wildman–Crippen MR) is 116 cm³/mol. The molecule has 1 fully saturated rings. The fraction of sp³-hybridized carbons (Fsp3) is 0.304. The number of hydrogen-bond donors (Lipinski definition) is 3. The largest absolute Gasteiger partial charge is 0.497 e. The molecular formula is C23H26N4O3. The van der Waals surface area contributed by atoms with Crippen molar-refractivity contribution in [1.82, 2.24) is 9.88 Å². The predicted octanol–water partition coefficient (Wildman–Crippen LogP) is 3.13. The minimum absolute atomic E-state index is 0.0110. The molecule has 1 aliphatic heterocycles. The number of likely N-dealkylation sites (tertiary alicyclic amines) is 1. The Balaban J connectivity index is 1.40. The maximum Gasteiger partial charge on any atom is 0.272 e. The number of carbonyl (C=O) groups is 2. The zero-order valence-electron chi connectivity index (χ0n) is 17.0. The van der Waals surface area contributed by atoms with E-state index in [1.165, 1.54) is 0 Å². The first kappa shape index (κ1) is 20.0. The quantitative estimate of drug-likeness (QED) is 0.585. The van der Waals surface area contributed by atoms with E-state index < -0.39 is 0 Å². The molecule has 156 valence electrons. The summed E-state index contributed by atoms with van der Waals surface area (Å²) in [6.45, 7) is 2.48. The van der Waals surface area contributed by atoms with Gasteiger partial charge in [0.05, 0.1) is 7.11 Å². The highest BCUT2D eigenvalue weighted by Gasteiger charge is 2.23. The molecule has 0 unspecified atom stereocenters. The van der Waals surface area contributed by atoms with Crippen LogP contribution in [0.15, 0.2) is 48.5 Å². The second kappa shape index (κ2) is 8.59. The Bertz CT molecular complexity index is 1070. The van der Waals surface area contributed by atoms with Gasteiger partial charge in [-0.3, -0.25) is 14.5 Å². The Kier molecular flexibility index (Phi) is 5.72. The number of methoxy groups -OCH3 is 1. The summed E-state index contributed by atoms with van der Waals surface area (Å²) < 4.78 is 5.23. The smallest absolute Gasteiger partial charge is 0.272 e. The molecule has 0 spiro atoms. The first-order valence-electron chi connectivity index (χ1n) is 10.1. The number of carbonyl (C=O) groups excluding carboxylic acids is 2. The highest BCUT2D eigenvalue weighted by molar-refractivity contribution is 6.06. The average molecular weight is 406 g/mol. The molecule has 2 heterocycles. The number of aromatic amines is 1. The number of anilines is 1. The number of H-pyrrole nitrogens is 1. The molecule has 30 heavy (non-hydrogen) atoms. The van der Waals surface area contributed by atoms with E-state index in [0.29, 0.717) is 5.69 Å². The van der Waals surface area contributed by atoms with Crippen LogP contribution >= 0.6 is 0 Å². The van der Waals surface area contributed by atoms with Crippen molar-refractivity contribution in [3.8, 4) is 5.75 Å². The molecule has 4 N–H and O–H groups in total. The highest BCUT2D eigenvalue weighted by atomic mass is 16.5. The van der Waals surface area contributed by atoms with Crippen LogP contribution in [0.25, 0.3) is 10.9 Å². The lowest BCUT2D eigenvalue weighted by atomic mass is 9.96. The van der Waals surface area contributed by atoms with Crippen molar-refractivity contribution in [2.24, 2.45) is 11.7 Å². The number of aromatic nitrogens is 1. The number of ether oxygens (including phenoxy) is 1. The van der Waals surface area contributed by atoms with Crippen LogP contribution in [0.5, 0.6) is 5.75 Å². The number of amides is 2. The normalized spacial score (nSPS) is 15.2. The van der Waals surface area contributed by atoms with E-state index >= 15 is 0 Å². The van der Waals surface area contributed by atoms with Crippen molar-refractivity contribution in [2.75, 3.05) is 25.5 Å². The third-order valence-electron chi connectivity index (χ3n) is 5.66. The van der Waals surface area contributed by atoms with Gasteiger partial charge < -0.3 is 20.8 Å². The van der Waals surface area contributed by atoms with Gasteiger partial charge in [0.1, 0.15) is 11.4 Å². The fourth-order valence-electron chi connectivity index (χ4n) is 3.94. The van der Waals surface area contributed by atoms with Crippen molar-refractivity contribution in [2.45, 2.75) is 19.4 Å². The highest BCUT2D eigenvalue weighted by Crippen LogP contribution is 2.23. The third kappa shape index (κ3) is 4.46. The van der Waals surface area contributed by atoms with Gasteiger partial charge in [-0.15, -0.1) is 0 Å². The zero-order chi connectivity index (χ0) is 21.1. The molecule has 0 radical (unpaired) electrons. The average Bonchev–Trinajstić information content (AvgIpc) is 3.18. The first-order chi connectivity index (χ1) is 14.5. The van der Waals surface area contributed by atoms with Crippen molar-refractivity contribution in [3.05, 3.63) is 59.8 Å². The molecule has 2 aromatic carbocycles. The summed E-state index contributed by atoms with van der Waals surface area (Å²) in [6.07, 6.45) is 1.61. The summed E-state index contributed by atoms with van der Waals surface area (Å²) in [5.41, 5.74) is 8.63. The molecule has 7 nitrogen and oxygen atoms in total. The number of nitrogens with one attached hydrogen (secondary N) is 2. The number of piperidine rings is 1. The molecular weight excluding hydrogens is 380 g/mol. The van der Waals surface area contributed by atoms with Gasteiger partial charge in [-0.2, -0.15) is 0 Å². The standard InChI is InChI=1S/C23H26N4O3/c1-30-19-6-5-17-12-21(26-20(17)13-19)23(29)25-18-4-2-3-15(11-18)14-27-9-7-16(8-10-27)22(24)28/h2-6,11-13,16,26H,7-10,14H2,1H3,(H2,24,28)(H,25,29). The number of rotatable bonds is 6. The van der Waals surface area contributed by atoms with Gasteiger partial charge in [0.15, 0.2) is 0 Å². The van der Waals surface area contributed by atoms with E-state index in [0.717, 1.165) is 60.4 Å². The van der Waals surface area contributed by atoms with Gasteiger partial charge in [0.25, 0.3) is 5.91 Å². The second-order valence-corrected chi connectivity index (χ2v) is 7.74. The molecule has 0 aliphatic carbocycles. The van der Waals surface area contributed by atoms with Crippen molar-refractivity contribution in [1.29, 1.82) is 0 Å². The summed E-state index contributed by atoms with van der Waals surface area (Å²) >= 11 is 0. The summed E-state index contributed by atoms with van der Waals surface area (Å²) in [4.78, 5) is 29.5. The first-order valence-corrected chi connectivity index (χ1v) is 10.1. The maximum atomic E-state index is 12.7. The Morgan fingerprint density at radius 3 is 2.70 bits per heavy atom. The zero-order valence-corrected chi connectivity index (χ0v) is 17.0. The van der Waals surface area contributed by atoms with Gasteiger partial charge >= 0.3 is 0 Å². The van der Waals surface area contributed by atoms with Crippen molar-refractivity contribution >= 4 is 28.4 Å². The van der Waals surface area contributed by atoms with Crippen LogP contribution < -0.4 is 15.8 Å². The van der Waals surface area contributed by atoms with Gasteiger partial charge in [0, 0.05) is 35.1 Å². The third-order valence-corrected chi connectivity index (χ3v) is 5.66. The van der Waals surface area contributed by atoms with Crippen LogP contribution in [-0.2, 0) is 11.3 Å². The van der Waals surface area contributed by atoms with E-state index in [-0.39, 0.29) is 17.7 Å². The molecule has 4 rings (SSSR count). The molecule has 0 bridgehead atoms. The van der Waals surface area contributed by atoms with Gasteiger partial charge in [0.2, 0.25) is 5.91 Å². The second-order valence-electron chi connectivity index (χ2n) is 7.74. The fourth-order valence-corrected chi connectivity index (χ4v) is 3.94. The Morgan fingerprint density at radius 2 is 1.97 bits per heavy atom. The monoisotopic (exact) mass is 406 g/mol. The number of benzene rings is 2. The Labute approximate surface area is 175 Å². The lowest BCUT2D eigenvalue weighted by Gasteiger charge is -2.30. The van der Waals surface area contributed by atoms with Gasteiger partial charge in [-0.05, 0) is 61.8 Å². The number of nitrogens with two attached hydrogens (primary N) is 1. The Morgan fingerprint density at radius 1 is 1.17 bits per heavy atom. The van der Waals surface area contributed by atoms with Gasteiger partial charge in [-0.25, -0.2) is 0 Å². The molecule has 2 amide bonds. The number of fused-ring (bicyclic) bond motifs is 1. The van der Waals surface area contributed by atoms with Crippen LogP contribution in [0, 0.1) is 5.92 Å². The summed E-state index contributed by atoms with van der Waals surface area (Å²) in [5.74, 6) is 0.339. The number of nitrogens with zero attached hydrogens (tertiary/aromatic N) is 1. The molecule has 0 saturated carbocycles. The van der Waals surface area contributed by atoms with Crippen LogP contribution in [0.4, 0.5) is 5.69 Å². The van der Waals surface area contributed by atoms with Crippen molar-refractivity contribution < 1.29 is 14.3 Å². The summed E-state index contributed by atoms with van der Waals surface area (Å²) in [6, 6.07) is 15.3. The summed E-state index contributed by atoms with van der Waals surface area (Å²) in [7, 11) is 1.62. The van der Waals surface area contributed by atoms with Gasteiger partial charge in [-0.1, -0.05) is 12.1 Å². The molecule has 1 aliphatic rings. The molecule has 1 saturated heterocycles. The SMILES string of the molecule is COc1ccc2cc(C(=O)Nc3cccc(CN4CCC(C(N)=O)CC4)c3)[nH]c2c1. The topological polar surface area (TPSA) is 100 Å². The maximum absolute atomic E-state index is 12.7. The molecule has 0 atom stereocenters. The van der Waals surface area contributed by atoms with E-state index in [9.17, 15) is 9.59 Å². The van der Waals surface area contributed by atoms with Crippen LogP contribution in [0.2, 0.25) is 0 Å². The van der Waals surface area contributed by atoms with Crippen LogP contribution in [0.1, 0.15) is 28.9 Å². The molecule has 1 aromatic heterocycles. The van der Waals surface area contributed by atoms with E-state index in [4.69, 9.17) is 10.5 Å². The summed E-state index contributed by atoms with van der Waals surface area (Å²) in [5, 5.41) is 3.92. The van der Waals surface area contributed by atoms with Crippen LogP contribution in [0.3, 0.4) is 0 Å². The van der Waals surface area contributed by atoms with E-state index in [1.54, 1.807) is 7.11 Å². The number of hydrogen-bond acceptors (Lipinski definition) is 4. The minimum Gasteiger partial charge on any atom is -0.497 e. The minimum atomic E-state index is -0.199. The molecule has 7 heteroatoms. The lowest BCUT2D eigenvalue weighted by molar-refractivity contribution is -0.123.